The van der Waals surface area contributed by atoms with Crippen LogP contribution in [0.2, 0.25) is 0 Å². The van der Waals surface area contributed by atoms with E-state index in [2.05, 4.69) is 32.2 Å². The molecule has 2 nitrogen and oxygen atoms in total. The Morgan fingerprint density at radius 2 is 2.21 bits per heavy atom. The Labute approximate surface area is 87.7 Å². The van der Waals surface area contributed by atoms with Gasteiger partial charge in [0, 0.05) is 6.42 Å². The first-order valence-corrected chi connectivity index (χ1v) is 5.80. The molecule has 1 unspecified atom stereocenters. The minimum absolute atomic E-state index is 0.449. The molecule has 14 heavy (non-hydrogen) atoms. The van der Waals surface area contributed by atoms with Gasteiger partial charge in [-0.1, -0.05) is 20.8 Å². The Morgan fingerprint density at radius 1 is 1.43 bits per heavy atom. The third-order valence-electron chi connectivity index (χ3n) is 2.56. The first-order chi connectivity index (χ1) is 6.74. The zero-order valence-corrected chi connectivity index (χ0v) is 9.68. The molecule has 2 heteroatoms. The summed E-state index contributed by atoms with van der Waals surface area (Å²) in [7, 11) is 0. The molecule has 0 aromatic carbocycles. The number of likely N-dealkylation sites (N-methyl/N-ethyl adjacent to an activating group) is 1. The van der Waals surface area contributed by atoms with E-state index in [9.17, 15) is 0 Å². The smallest absolute Gasteiger partial charge is 0.109 e. The summed E-state index contributed by atoms with van der Waals surface area (Å²) < 4.78 is 5.60. The fourth-order valence-electron chi connectivity index (χ4n) is 1.77. The zero-order valence-electron chi connectivity index (χ0n) is 9.68. The highest BCUT2D eigenvalue weighted by Crippen LogP contribution is 2.18. The molecule has 0 spiro atoms. The van der Waals surface area contributed by atoms with Crippen LogP contribution in [0.3, 0.4) is 0 Å². The van der Waals surface area contributed by atoms with Crippen molar-refractivity contribution in [1.82, 2.24) is 5.32 Å². The highest BCUT2D eigenvalue weighted by atomic mass is 16.5. The van der Waals surface area contributed by atoms with E-state index >= 15 is 0 Å². The molecule has 1 rings (SSSR count). The van der Waals surface area contributed by atoms with Crippen molar-refractivity contribution in [3.8, 4) is 0 Å². The van der Waals surface area contributed by atoms with Crippen molar-refractivity contribution in [1.29, 1.82) is 0 Å². The van der Waals surface area contributed by atoms with E-state index < -0.39 is 0 Å². The lowest BCUT2D eigenvalue weighted by atomic mass is 10.0. The van der Waals surface area contributed by atoms with Crippen molar-refractivity contribution in [2.45, 2.75) is 46.1 Å². The largest absolute Gasteiger partial charge is 0.496 e. The summed E-state index contributed by atoms with van der Waals surface area (Å²) >= 11 is 0. The van der Waals surface area contributed by atoms with Gasteiger partial charge >= 0.3 is 0 Å². The van der Waals surface area contributed by atoms with Crippen molar-refractivity contribution < 1.29 is 4.74 Å². The minimum Gasteiger partial charge on any atom is -0.496 e. The molecule has 0 amide bonds. The maximum atomic E-state index is 5.60. The van der Waals surface area contributed by atoms with E-state index in [1.165, 1.54) is 18.6 Å². The Bertz CT molecular complexity index is 187. The number of hydrogen-bond acceptors (Lipinski definition) is 2. The molecule has 82 valence electrons. The molecule has 1 atom stereocenters. The van der Waals surface area contributed by atoms with E-state index in [4.69, 9.17) is 4.74 Å². The van der Waals surface area contributed by atoms with Crippen LogP contribution in [-0.2, 0) is 4.74 Å². The zero-order chi connectivity index (χ0) is 10.4. The molecule has 0 aliphatic carbocycles. The van der Waals surface area contributed by atoms with Crippen LogP contribution in [0.5, 0.6) is 0 Å². The van der Waals surface area contributed by atoms with Gasteiger partial charge in [0.25, 0.3) is 0 Å². The van der Waals surface area contributed by atoms with Crippen LogP contribution in [0.4, 0.5) is 0 Å². The maximum Gasteiger partial charge on any atom is 0.109 e. The SMILES string of the molecule is CCNC(CCC(C)C)C1=CCCO1. The van der Waals surface area contributed by atoms with Crippen molar-refractivity contribution in [3.63, 3.8) is 0 Å². The van der Waals surface area contributed by atoms with E-state index in [1.807, 2.05) is 0 Å². The van der Waals surface area contributed by atoms with Gasteiger partial charge in [-0.15, -0.1) is 0 Å². The van der Waals surface area contributed by atoms with Gasteiger partial charge in [-0.2, -0.15) is 0 Å². The van der Waals surface area contributed by atoms with Gasteiger partial charge < -0.3 is 10.1 Å². The average molecular weight is 197 g/mol. The number of ether oxygens (including phenoxy) is 1. The topological polar surface area (TPSA) is 21.3 Å². The van der Waals surface area contributed by atoms with Gasteiger partial charge in [0.1, 0.15) is 5.76 Å². The summed E-state index contributed by atoms with van der Waals surface area (Å²) in [6.45, 7) is 8.58. The monoisotopic (exact) mass is 197 g/mol. The Balaban J connectivity index is 2.37. The van der Waals surface area contributed by atoms with Gasteiger partial charge in [-0.25, -0.2) is 0 Å². The van der Waals surface area contributed by atoms with E-state index in [1.54, 1.807) is 0 Å². The summed E-state index contributed by atoms with van der Waals surface area (Å²) in [5.74, 6) is 1.95. The summed E-state index contributed by atoms with van der Waals surface area (Å²) in [4.78, 5) is 0. The van der Waals surface area contributed by atoms with Crippen LogP contribution < -0.4 is 5.32 Å². The lowest BCUT2D eigenvalue weighted by Gasteiger charge is -2.19. The molecule has 0 aromatic rings. The lowest BCUT2D eigenvalue weighted by molar-refractivity contribution is 0.209. The molecule has 1 aliphatic rings. The Hall–Kier alpha value is -0.500. The standard InChI is InChI=1S/C12H23NO/c1-4-13-11(8-7-10(2)3)12-6-5-9-14-12/h6,10-11,13H,4-5,7-9H2,1-3H3. The van der Waals surface area contributed by atoms with Crippen molar-refractivity contribution in [2.24, 2.45) is 5.92 Å². The highest BCUT2D eigenvalue weighted by molar-refractivity contribution is 5.06. The molecular weight excluding hydrogens is 174 g/mol. The van der Waals surface area contributed by atoms with Crippen LogP contribution in [0.1, 0.15) is 40.0 Å². The molecule has 1 heterocycles. The first-order valence-electron chi connectivity index (χ1n) is 5.80. The Kier molecular flexibility index (Phi) is 5.02. The second-order valence-corrected chi connectivity index (χ2v) is 4.33. The minimum atomic E-state index is 0.449. The maximum absolute atomic E-state index is 5.60. The summed E-state index contributed by atoms with van der Waals surface area (Å²) in [5, 5.41) is 3.49. The second kappa shape index (κ2) is 6.07. The van der Waals surface area contributed by atoms with Gasteiger partial charge in [-0.3, -0.25) is 0 Å². The molecule has 0 saturated carbocycles. The highest BCUT2D eigenvalue weighted by Gasteiger charge is 2.17. The van der Waals surface area contributed by atoms with E-state index in [-0.39, 0.29) is 0 Å². The van der Waals surface area contributed by atoms with Crippen molar-refractivity contribution in [2.75, 3.05) is 13.2 Å². The fraction of sp³-hybridized carbons (Fsp3) is 0.833. The van der Waals surface area contributed by atoms with Crippen LogP contribution in [0.25, 0.3) is 0 Å². The number of nitrogens with one attached hydrogen (secondary N) is 1. The van der Waals surface area contributed by atoms with Crippen LogP contribution in [0, 0.1) is 5.92 Å². The van der Waals surface area contributed by atoms with Crippen molar-refractivity contribution >= 4 is 0 Å². The van der Waals surface area contributed by atoms with Gasteiger partial charge in [0.05, 0.1) is 12.6 Å². The van der Waals surface area contributed by atoms with Gasteiger partial charge in [0.2, 0.25) is 0 Å². The van der Waals surface area contributed by atoms with E-state index in [0.29, 0.717) is 6.04 Å². The lowest BCUT2D eigenvalue weighted by Crippen LogP contribution is -2.31. The van der Waals surface area contributed by atoms with Crippen LogP contribution in [0.15, 0.2) is 11.8 Å². The van der Waals surface area contributed by atoms with Crippen molar-refractivity contribution in [3.05, 3.63) is 11.8 Å². The summed E-state index contributed by atoms with van der Waals surface area (Å²) in [6, 6.07) is 0.449. The molecule has 0 fully saturated rings. The molecular formula is C12H23NO. The average Bonchev–Trinajstić information content (AvgIpc) is 2.64. The second-order valence-electron chi connectivity index (χ2n) is 4.33. The molecule has 1 N–H and O–H groups in total. The molecule has 0 radical (unpaired) electrons. The predicted molar refractivity (Wildman–Crippen MR) is 60.2 cm³/mol. The normalized spacial score (nSPS) is 18.1. The first kappa shape index (κ1) is 11.6. The number of rotatable bonds is 6. The van der Waals surface area contributed by atoms with E-state index in [0.717, 1.165) is 25.5 Å². The fourth-order valence-corrected chi connectivity index (χ4v) is 1.77. The van der Waals surface area contributed by atoms with Gasteiger partial charge in [-0.05, 0) is 31.4 Å². The van der Waals surface area contributed by atoms with Crippen LogP contribution >= 0.6 is 0 Å². The molecule has 0 aromatic heterocycles. The Morgan fingerprint density at radius 3 is 2.71 bits per heavy atom. The molecule has 1 aliphatic heterocycles. The quantitative estimate of drug-likeness (QED) is 0.707. The molecule has 0 bridgehead atoms. The molecule has 0 saturated heterocycles. The third-order valence-corrected chi connectivity index (χ3v) is 2.56. The summed E-state index contributed by atoms with van der Waals surface area (Å²) in [6.07, 6.45) is 5.77. The third kappa shape index (κ3) is 3.70. The number of hydrogen-bond donors (Lipinski definition) is 1. The predicted octanol–water partition coefficient (Wildman–Crippen LogP) is 2.70. The van der Waals surface area contributed by atoms with Gasteiger partial charge in [0.15, 0.2) is 0 Å². The summed E-state index contributed by atoms with van der Waals surface area (Å²) in [5.41, 5.74) is 0. The van der Waals surface area contributed by atoms with Crippen LogP contribution in [-0.4, -0.2) is 19.2 Å².